The van der Waals surface area contributed by atoms with Gasteiger partial charge in [0.1, 0.15) is 11.3 Å². The molecule has 1 aliphatic heterocycles. The van der Waals surface area contributed by atoms with E-state index in [4.69, 9.17) is 9.47 Å². The molecule has 8 heteroatoms. The van der Waals surface area contributed by atoms with Gasteiger partial charge in [-0.15, -0.1) is 0 Å². The first-order valence-corrected chi connectivity index (χ1v) is 8.46. The molecule has 2 aromatic carbocycles. The summed E-state index contributed by atoms with van der Waals surface area (Å²) in [6, 6.07) is 10.1. The lowest BCUT2D eigenvalue weighted by molar-refractivity contribution is -0.122. The quantitative estimate of drug-likeness (QED) is 0.608. The molecule has 0 unspecified atom stereocenters. The number of urea groups is 1. The molecule has 0 aliphatic carbocycles. The summed E-state index contributed by atoms with van der Waals surface area (Å²) in [6.45, 7) is 2.12. The largest absolute Gasteiger partial charge is 0.504 e. The van der Waals surface area contributed by atoms with E-state index < -0.39 is 17.8 Å². The number of hydrogen-bond acceptors (Lipinski definition) is 6. The van der Waals surface area contributed by atoms with Gasteiger partial charge in [-0.3, -0.25) is 14.9 Å². The second kappa shape index (κ2) is 7.83. The van der Waals surface area contributed by atoms with Crippen molar-refractivity contribution >= 4 is 29.6 Å². The number of nitrogens with one attached hydrogen (secondary N) is 1. The van der Waals surface area contributed by atoms with Crippen molar-refractivity contribution < 1.29 is 29.0 Å². The Morgan fingerprint density at radius 2 is 1.86 bits per heavy atom. The third-order valence-corrected chi connectivity index (χ3v) is 4.02. The van der Waals surface area contributed by atoms with Crippen LogP contribution in [0.15, 0.2) is 48.0 Å². The number of nitrogens with zero attached hydrogens (tertiary/aromatic N) is 1. The smallest absolute Gasteiger partial charge is 0.336 e. The topological polar surface area (TPSA) is 105 Å². The SMILES string of the molecule is CCOc1ccccc1N1C(=O)NC(=O)/C(=C\c2ccc(OC)c(O)c2)C1=O. The van der Waals surface area contributed by atoms with Crippen LogP contribution < -0.4 is 19.7 Å². The number of imide groups is 2. The lowest BCUT2D eigenvalue weighted by Gasteiger charge is -2.27. The van der Waals surface area contributed by atoms with Crippen LogP contribution in [-0.2, 0) is 9.59 Å². The van der Waals surface area contributed by atoms with Crippen molar-refractivity contribution in [3.63, 3.8) is 0 Å². The monoisotopic (exact) mass is 382 g/mol. The number of anilines is 1. The third kappa shape index (κ3) is 3.52. The number of amides is 4. The van der Waals surface area contributed by atoms with Gasteiger partial charge >= 0.3 is 6.03 Å². The van der Waals surface area contributed by atoms with Gasteiger partial charge in [0.15, 0.2) is 11.5 Å². The molecule has 144 valence electrons. The Bertz CT molecular complexity index is 982. The first-order chi connectivity index (χ1) is 13.5. The number of phenolic OH excluding ortho intramolecular Hbond substituents is 1. The maximum Gasteiger partial charge on any atom is 0.336 e. The lowest BCUT2D eigenvalue weighted by Crippen LogP contribution is -2.54. The molecule has 0 bridgehead atoms. The molecule has 28 heavy (non-hydrogen) atoms. The number of carbonyl (C=O) groups is 3. The van der Waals surface area contributed by atoms with E-state index in [0.29, 0.717) is 17.9 Å². The zero-order valence-corrected chi connectivity index (χ0v) is 15.3. The first kappa shape index (κ1) is 19.0. The Morgan fingerprint density at radius 3 is 2.54 bits per heavy atom. The maximum atomic E-state index is 12.9. The highest BCUT2D eigenvalue weighted by atomic mass is 16.5. The summed E-state index contributed by atoms with van der Waals surface area (Å²) in [4.78, 5) is 38.4. The second-order valence-electron chi connectivity index (χ2n) is 5.79. The van der Waals surface area contributed by atoms with Crippen LogP contribution in [0, 0.1) is 0 Å². The number of methoxy groups -OCH3 is 1. The van der Waals surface area contributed by atoms with Crippen molar-refractivity contribution in [3.05, 3.63) is 53.6 Å². The summed E-state index contributed by atoms with van der Waals surface area (Å²) in [7, 11) is 1.41. The van der Waals surface area contributed by atoms with Gasteiger partial charge < -0.3 is 14.6 Å². The molecule has 0 aromatic heterocycles. The van der Waals surface area contributed by atoms with E-state index in [9.17, 15) is 19.5 Å². The highest BCUT2D eigenvalue weighted by Gasteiger charge is 2.38. The summed E-state index contributed by atoms with van der Waals surface area (Å²) in [6.07, 6.45) is 1.29. The van der Waals surface area contributed by atoms with Gasteiger partial charge in [-0.05, 0) is 42.8 Å². The Balaban J connectivity index is 2.02. The van der Waals surface area contributed by atoms with E-state index in [1.807, 2.05) is 0 Å². The molecule has 0 radical (unpaired) electrons. The predicted octanol–water partition coefficient (Wildman–Crippen LogP) is 2.47. The number of ether oxygens (including phenoxy) is 2. The van der Waals surface area contributed by atoms with Crippen LogP contribution in [0.2, 0.25) is 0 Å². The van der Waals surface area contributed by atoms with Gasteiger partial charge in [-0.25, -0.2) is 9.69 Å². The van der Waals surface area contributed by atoms with E-state index in [-0.39, 0.29) is 22.8 Å². The Morgan fingerprint density at radius 1 is 1.11 bits per heavy atom. The summed E-state index contributed by atoms with van der Waals surface area (Å²) >= 11 is 0. The predicted molar refractivity (Wildman–Crippen MR) is 101 cm³/mol. The van der Waals surface area contributed by atoms with E-state index in [2.05, 4.69) is 5.32 Å². The summed E-state index contributed by atoms with van der Waals surface area (Å²) in [5.41, 5.74) is 0.363. The van der Waals surface area contributed by atoms with Gasteiger partial charge in [-0.2, -0.15) is 0 Å². The first-order valence-electron chi connectivity index (χ1n) is 8.46. The van der Waals surface area contributed by atoms with Gasteiger partial charge in [0.2, 0.25) is 0 Å². The van der Waals surface area contributed by atoms with Gasteiger partial charge in [0.25, 0.3) is 11.8 Å². The number of aromatic hydroxyl groups is 1. The number of barbiturate groups is 1. The number of benzene rings is 2. The molecule has 2 N–H and O–H groups in total. The average Bonchev–Trinajstić information content (AvgIpc) is 2.66. The van der Waals surface area contributed by atoms with Crippen molar-refractivity contribution in [2.45, 2.75) is 6.92 Å². The van der Waals surface area contributed by atoms with Crippen molar-refractivity contribution in [1.82, 2.24) is 5.32 Å². The summed E-state index contributed by atoms with van der Waals surface area (Å²) in [5, 5.41) is 12.1. The van der Waals surface area contributed by atoms with Crippen LogP contribution in [0.5, 0.6) is 17.2 Å². The molecular weight excluding hydrogens is 364 g/mol. The standard InChI is InChI=1S/C20H18N2O6/c1-3-28-16-7-5-4-6-14(16)22-19(25)13(18(24)21-20(22)26)10-12-8-9-17(27-2)15(23)11-12/h4-11,23H,3H2,1-2H3,(H,21,24,26)/b13-10+. The molecule has 0 atom stereocenters. The molecule has 3 rings (SSSR count). The number of rotatable bonds is 5. The molecule has 1 heterocycles. The minimum atomic E-state index is -0.864. The van der Waals surface area contributed by atoms with E-state index >= 15 is 0 Å². The fraction of sp³-hybridized carbons (Fsp3) is 0.150. The normalized spacial score (nSPS) is 15.6. The van der Waals surface area contributed by atoms with Crippen LogP contribution in [0.1, 0.15) is 12.5 Å². The molecule has 0 saturated carbocycles. The van der Waals surface area contributed by atoms with Gasteiger partial charge in [0.05, 0.1) is 19.4 Å². The van der Waals surface area contributed by atoms with Crippen molar-refractivity contribution in [3.8, 4) is 17.2 Å². The van der Waals surface area contributed by atoms with E-state index in [1.54, 1.807) is 37.3 Å². The van der Waals surface area contributed by atoms with Gasteiger partial charge in [0, 0.05) is 0 Å². The lowest BCUT2D eigenvalue weighted by atomic mass is 10.1. The highest BCUT2D eigenvalue weighted by molar-refractivity contribution is 6.39. The number of phenols is 1. The minimum Gasteiger partial charge on any atom is -0.504 e. The Hall–Kier alpha value is -3.81. The zero-order valence-electron chi connectivity index (χ0n) is 15.3. The fourth-order valence-corrected chi connectivity index (χ4v) is 2.76. The number of carbonyl (C=O) groups excluding carboxylic acids is 3. The minimum absolute atomic E-state index is 0.143. The summed E-state index contributed by atoms with van der Waals surface area (Å²) < 4.78 is 10.5. The molecule has 1 aliphatic rings. The van der Waals surface area contributed by atoms with Crippen molar-refractivity contribution in [2.75, 3.05) is 18.6 Å². The van der Waals surface area contributed by atoms with Gasteiger partial charge in [-0.1, -0.05) is 18.2 Å². The van der Waals surface area contributed by atoms with Crippen molar-refractivity contribution in [2.24, 2.45) is 0 Å². The van der Waals surface area contributed by atoms with Crippen molar-refractivity contribution in [1.29, 1.82) is 0 Å². The Kier molecular flexibility index (Phi) is 5.30. The van der Waals surface area contributed by atoms with E-state index in [1.165, 1.54) is 25.3 Å². The van der Waals surface area contributed by atoms with E-state index in [0.717, 1.165) is 4.90 Å². The van der Waals surface area contributed by atoms with Crippen LogP contribution in [0.3, 0.4) is 0 Å². The number of hydrogen-bond donors (Lipinski definition) is 2. The number of para-hydroxylation sites is 2. The average molecular weight is 382 g/mol. The fourth-order valence-electron chi connectivity index (χ4n) is 2.76. The summed E-state index contributed by atoms with van der Waals surface area (Å²) in [5.74, 6) is -1.17. The molecule has 1 saturated heterocycles. The third-order valence-electron chi connectivity index (χ3n) is 4.02. The molecule has 4 amide bonds. The molecular formula is C20H18N2O6. The molecule has 1 fully saturated rings. The Labute approximate surface area is 161 Å². The molecule has 8 nitrogen and oxygen atoms in total. The molecule has 0 spiro atoms. The van der Waals surface area contributed by atoms with Crippen LogP contribution >= 0.6 is 0 Å². The maximum absolute atomic E-state index is 12.9. The van der Waals surface area contributed by atoms with Crippen LogP contribution in [0.4, 0.5) is 10.5 Å². The zero-order chi connectivity index (χ0) is 20.3. The molecule has 2 aromatic rings. The van der Waals surface area contributed by atoms with Crippen LogP contribution in [-0.4, -0.2) is 36.7 Å². The second-order valence-corrected chi connectivity index (χ2v) is 5.79. The highest BCUT2D eigenvalue weighted by Crippen LogP contribution is 2.32. The van der Waals surface area contributed by atoms with Crippen LogP contribution in [0.25, 0.3) is 6.08 Å².